The molecule has 1 amide bonds. The first-order chi connectivity index (χ1) is 12.3. The van der Waals surface area contributed by atoms with E-state index in [1.807, 2.05) is 41.8 Å². The maximum Gasteiger partial charge on any atom is 0.261 e. The summed E-state index contributed by atoms with van der Waals surface area (Å²) in [7, 11) is 0. The van der Waals surface area contributed by atoms with Crippen molar-refractivity contribution in [1.29, 1.82) is 0 Å². The minimum absolute atomic E-state index is 0.00902. The summed E-state index contributed by atoms with van der Waals surface area (Å²) < 4.78 is 1.14. The number of hydrogen-bond acceptors (Lipinski definition) is 4. The van der Waals surface area contributed by atoms with Crippen molar-refractivity contribution in [3.05, 3.63) is 81.9 Å². The van der Waals surface area contributed by atoms with Crippen LogP contribution in [-0.4, -0.2) is 5.91 Å². The molecule has 1 N–H and O–H groups in total. The van der Waals surface area contributed by atoms with E-state index in [2.05, 4.69) is 35.6 Å². The predicted molar refractivity (Wildman–Crippen MR) is 108 cm³/mol. The molecule has 0 saturated heterocycles. The lowest BCUT2D eigenvalue weighted by Gasteiger charge is -2.02. The van der Waals surface area contributed by atoms with Gasteiger partial charge in [0.1, 0.15) is 0 Å². The van der Waals surface area contributed by atoms with E-state index in [0.29, 0.717) is 6.54 Å². The Morgan fingerprint density at radius 2 is 1.88 bits per heavy atom. The minimum Gasteiger partial charge on any atom is -0.346 e. The monoisotopic (exact) mass is 381 g/mol. The van der Waals surface area contributed by atoms with Gasteiger partial charge in [-0.3, -0.25) is 4.79 Å². The van der Waals surface area contributed by atoms with Crippen molar-refractivity contribution in [2.75, 3.05) is 0 Å². The van der Waals surface area contributed by atoms with Crippen molar-refractivity contribution >= 4 is 50.4 Å². The third-order valence-corrected chi connectivity index (χ3v) is 6.78. The molecule has 0 atom stereocenters. The molecule has 4 rings (SSSR count). The molecular formula is C20H15NOS3. The molecule has 2 aromatic carbocycles. The second-order valence-electron chi connectivity index (χ2n) is 5.46. The van der Waals surface area contributed by atoms with Crippen LogP contribution in [0.4, 0.5) is 0 Å². The molecule has 25 heavy (non-hydrogen) atoms. The van der Waals surface area contributed by atoms with E-state index in [1.54, 1.807) is 34.4 Å². The summed E-state index contributed by atoms with van der Waals surface area (Å²) in [4.78, 5) is 16.8. The lowest BCUT2D eigenvalue weighted by Crippen LogP contribution is -2.21. The van der Waals surface area contributed by atoms with Gasteiger partial charge in [-0.05, 0) is 41.8 Å². The molecule has 124 valence electrons. The van der Waals surface area contributed by atoms with Crippen LogP contribution in [0.1, 0.15) is 14.5 Å². The lowest BCUT2D eigenvalue weighted by molar-refractivity contribution is 0.0955. The number of nitrogens with one attached hydrogen (secondary N) is 1. The summed E-state index contributed by atoms with van der Waals surface area (Å²) in [5.41, 5.74) is 0. The molecule has 0 fully saturated rings. The van der Waals surface area contributed by atoms with Crippen LogP contribution in [0.5, 0.6) is 0 Å². The normalized spacial score (nSPS) is 10.9. The minimum atomic E-state index is -0.00902. The van der Waals surface area contributed by atoms with E-state index in [4.69, 9.17) is 0 Å². The number of thiophene rings is 2. The first-order valence-electron chi connectivity index (χ1n) is 7.85. The first kappa shape index (κ1) is 16.4. The predicted octanol–water partition coefficient (Wildman–Crippen LogP) is 6.04. The highest BCUT2D eigenvalue weighted by atomic mass is 32.2. The summed E-state index contributed by atoms with van der Waals surface area (Å²) in [6.45, 7) is 0.580. The lowest BCUT2D eigenvalue weighted by atomic mass is 10.2. The largest absolute Gasteiger partial charge is 0.346 e. The molecule has 0 bridgehead atoms. The van der Waals surface area contributed by atoms with Gasteiger partial charge in [0.15, 0.2) is 0 Å². The molecule has 5 heteroatoms. The van der Waals surface area contributed by atoms with Crippen LogP contribution in [0.25, 0.3) is 10.1 Å². The van der Waals surface area contributed by atoms with Gasteiger partial charge in [0.25, 0.3) is 5.91 Å². The topological polar surface area (TPSA) is 29.1 Å². The fraction of sp³-hybridized carbons (Fsp3) is 0.0500. The van der Waals surface area contributed by atoms with Gasteiger partial charge in [0.2, 0.25) is 0 Å². The average molecular weight is 382 g/mol. The standard InChI is InChI=1S/C20H15NOS3/c22-20(21-13-15-8-5-11-23-15)19-12-16-17(9-4-10-18(16)25-19)24-14-6-2-1-3-7-14/h1-12H,13H2,(H,21,22). The van der Waals surface area contributed by atoms with Crippen molar-refractivity contribution in [2.45, 2.75) is 16.3 Å². The third kappa shape index (κ3) is 3.79. The SMILES string of the molecule is O=C(NCc1cccs1)c1cc2c(Sc3ccccc3)cccc2s1. The van der Waals surface area contributed by atoms with E-state index in [0.717, 1.165) is 19.8 Å². The summed E-state index contributed by atoms with van der Waals surface area (Å²) in [6, 6.07) is 22.6. The van der Waals surface area contributed by atoms with Crippen molar-refractivity contribution < 1.29 is 4.79 Å². The highest BCUT2D eigenvalue weighted by Crippen LogP contribution is 2.37. The average Bonchev–Trinajstić information content (AvgIpc) is 3.30. The van der Waals surface area contributed by atoms with E-state index in [9.17, 15) is 4.79 Å². The van der Waals surface area contributed by atoms with Crippen molar-refractivity contribution in [3.8, 4) is 0 Å². The zero-order valence-electron chi connectivity index (χ0n) is 13.3. The van der Waals surface area contributed by atoms with Gasteiger partial charge in [0.05, 0.1) is 11.4 Å². The Labute approximate surface area is 158 Å². The molecule has 0 aliphatic heterocycles. The van der Waals surface area contributed by atoms with Crippen LogP contribution in [0, 0.1) is 0 Å². The number of carbonyl (C=O) groups excluding carboxylic acids is 1. The Balaban J connectivity index is 1.57. The number of hydrogen-bond donors (Lipinski definition) is 1. The van der Waals surface area contributed by atoms with E-state index in [1.165, 1.54) is 9.79 Å². The fourth-order valence-electron chi connectivity index (χ4n) is 2.52. The first-order valence-corrected chi connectivity index (χ1v) is 10.4. The summed E-state index contributed by atoms with van der Waals surface area (Å²) in [5, 5.41) is 6.17. The Morgan fingerprint density at radius 3 is 2.68 bits per heavy atom. The molecular weight excluding hydrogens is 366 g/mol. The highest BCUT2D eigenvalue weighted by molar-refractivity contribution is 7.99. The molecule has 0 aliphatic rings. The second kappa shape index (κ2) is 7.44. The van der Waals surface area contributed by atoms with Crippen LogP contribution in [0.2, 0.25) is 0 Å². The molecule has 0 spiro atoms. The van der Waals surface area contributed by atoms with Gasteiger partial charge >= 0.3 is 0 Å². The van der Waals surface area contributed by atoms with Crippen LogP contribution in [-0.2, 0) is 6.54 Å². The van der Waals surface area contributed by atoms with Crippen molar-refractivity contribution in [1.82, 2.24) is 5.32 Å². The molecule has 0 aliphatic carbocycles. The van der Waals surface area contributed by atoms with Gasteiger partial charge in [-0.1, -0.05) is 42.1 Å². The third-order valence-electron chi connectivity index (χ3n) is 3.72. The molecule has 0 saturated carbocycles. The highest BCUT2D eigenvalue weighted by Gasteiger charge is 2.13. The van der Waals surface area contributed by atoms with Gasteiger partial charge in [-0.15, -0.1) is 22.7 Å². The summed E-state index contributed by atoms with van der Waals surface area (Å²) in [5.74, 6) is -0.00902. The number of carbonyl (C=O) groups is 1. The van der Waals surface area contributed by atoms with E-state index in [-0.39, 0.29) is 5.91 Å². The summed E-state index contributed by atoms with van der Waals surface area (Å²) in [6.07, 6.45) is 0. The number of amides is 1. The number of benzene rings is 2. The van der Waals surface area contributed by atoms with Crippen molar-refractivity contribution in [2.24, 2.45) is 0 Å². The van der Waals surface area contributed by atoms with E-state index < -0.39 is 0 Å². The zero-order valence-corrected chi connectivity index (χ0v) is 15.7. The Bertz CT molecular complexity index is 990. The zero-order chi connectivity index (χ0) is 17.1. The van der Waals surface area contributed by atoms with Gasteiger partial charge in [-0.25, -0.2) is 0 Å². The van der Waals surface area contributed by atoms with Crippen molar-refractivity contribution in [3.63, 3.8) is 0 Å². The molecule has 2 nitrogen and oxygen atoms in total. The maximum atomic E-state index is 12.5. The second-order valence-corrected chi connectivity index (χ2v) is 8.69. The van der Waals surface area contributed by atoms with Crippen LogP contribution in [0.3, 0.4) is 0 Å². The quantitative estimate of drug-likeness (QED) is 0.456. The van der Waals surface area contributed by atoms with Gasteiger partial charge in [0, 0.05) is 24.8 Å². The summed E-state index contributed by atoms with van der Waals surface area (Å²) >= 11 is 4.93. The maximum absolute atomic E-state index is 12.5. The Kier molecular flexibility index (Phi) is 4.88. The molecule has 4 aromatic rings. The fourth-order valence-corrected chi connectivity index (χ4v) is 5.20. The molecule has 2 heterocycles. The van der Waals surface area contributed by atoms with E-state index >= 15 is 0 Å². The Morgan fingerprint density at radius 1 is 1.00 bits per heavy atom. The van der Waals surface area contributed by atoms with Crippen LogP contribution < -0.4 is 5.32 Å². The van der Waals surface area contributed by atoms with Gasteiger partial charge < -0.3 is 5.32 Å². The number of fused-ring (bicyclic) bond motifs is 1. The van der Waals surface area contributed by atoms with Crippen LogP contribution in [0.15, 0.2) is 81.9 Å². The Hall–Kier alpha value is -2.08. The van der Waals surface area contributed by atoms with Crippen LogP contribution >= 0.6 is 34.4 Å². The smallest absolute Gasteiger partial charge is 0.261 e. The molecule has 2 aromatic heterocycles. The molecule has 0 unspecified atom stereocenters. The number of rotatable bonds is 5. The van der Waals surface area contributed by atoms with Gasteiger partial charge in [-0.2, -0.15) is 0 Å². The molecule has 0 radical (unpaired) electrons.